The predicted octanol–water partition coefficient (Wildman–Crippen LogP) is 2.90. The van der Waals surface area contributed by atoms with Crippen molar-refractivity contribution < 1.29 is 14.3 Å². The van der Waals surface area contributed by atoms with Gasteiger partial charge < -0.3 is 15.2 Å². The molecule has 0 radical (unpaired) electrons. The summed E-state index contributed by atoms with van der Waals surface area (Å²) in [6.45, 7) is 2.65. The number of carbonyl (C=O) groups excluding carboxylic acids is 1. The molecule has 1 aliphatic carbocycles. The van der Waals surface area contributed by atoms with Gasteiger partial charge in [0.15, 0.2) is 0 Å². The first-order valence-electron chi connectivity index (χ1n) is 6.88. The molecule has 0 saturated heterocycles. The van der Waals surface area contributed by atoms with Gasteiger partial charge in [-0.15, -0.1) is 0 Å². The summed E-state index contributed by atoms with van der Waals surface area (Å²) in [7, 11) is 0. The van der Waals surface area contributed by atoms with Crippen molar-refractivity contribution in [2.45, 2.75) is 45.3 Å². The number of hydrogen-bond donors (Lipinski definition) is 1. The number of anilines is 1. The molecule has 0 spiro atoms. The minimum Gasteiger partial charge on any atom is -0.462 e. The fourth-order valence-corrected chi connectivity index (χ4v) is 2.35. The summed E-state index contributed by atoms with van der Waals surface area (Å²) in [5, 5.41) is 0. The van der Waals surface area contributed by atoms with Crippen molar-refractivity contribution in [1.82, 2.24) is 0 Å². The maximum atomic E-state index is 11.7. The second-order valence-corrected chi connectivity index (χ2v) is 4.86. The molecule has 0 unspecified atom stereocenters. The molecule has 0 bridgehead atoms. The molecule has 0 atom stereocenters. The second kappa shape index (κ2) is 6.57. The van der Waals surface area contributed by atoms with E-state index >= 15 is 0 Å². The van der Waals surface area contributed by atoms with Crippen LogP contribution in [0, 0.1) is 0 Å². The molecule has 0 heterocycles. The molecular weight excluding hydrogens is 242 g/mol. The zero-order chi connectivity index (χ0) is 13.7. The highest BCUT2D eigenvalue weighted by Crippen LogP contribution is 2.23. The maximum absolute atomic E-state index is 11.7. The molecule has 0 aliphatic heterocycles. The Morgan fingerprint density at radius 3 is 2.79 bits per heavy atom. The van der Waals surface area contributed by atoms with Gasteiger partial charge in [-0.25, -0.2) is 4.79 Å². The third-order valence-corrected chi connectivity index (χ3v) is 3.40. The monoisotopic (exact) mass is 263 g/mol. The van der Waals surface area contributed by atoms with Crippen LogP contribution >= 0.6 is 0 Å². The van der Waals surface area contributed by atoms with Crippen LogP contribution < -0.4 is 5.73 Å². The number of ether oxygens (including phenoxy) is 2. The van der Waals surface area contributed by atoms with Crippen molar-refractivity contribution in [3.63, 3.8) is 0 Å². The summed E-state index contributed by atoms with van der Waals surface area (Å²) < 4.78 is 10.8. The number of nitrogens with two attached hydrogens (primary N) is 1. The first-order valence-corrected chi connectivity index (χ1v) is 6.88. The molecule has 0 amide bonds. The number of benzene rings is 1. The smallest absolute Gasteiger partial charge is 0.340 e. The Bertz CT molecular complexity index is 439. The van der Waals surface area contributed by atoms with E-state index in [2.05, 4.69) is 0 Å². The average molecular weight is 263 g/mol. The van der Waals surface area contributed by atoms with E-state index in [0.29, 0.717) is 30.6 Å². The van der Waals surface area contributed by atoms with Crippen LogP contribution in [0.15, 0.2) is 18.2 Å². The van der Waals surface area contributed by atoms with E-state index in [0.717, 1.165) is 18.4 Å². The highest BCUT2D eigenvalue weighted by Gasteiger charge is 2.16. The summed E-state index contributed by atoms with van der Waals surface area (Å²) in [5.41, 5.74) is 7.63. The molecule has 4 heteroatoms. The first kappa shape index (κ1) is 13.9. The molecule has 2 rings (SSSR count). The van der Waals surface area contributed by atoms with Gasteiger partial charge in [-0.05, 0) is 37.5 Å². The van der Waals surface area contributed by atoms with Gasteiger partial charge in [-0.3, -0.25) is 0 Å². The maximum Gasteiger partial charge on any atom is 0.340 e. The molecule has 2 N–H and O–H groups in total. The standard InChI is InChI=1S/C15H21NO3/c1-2-18-15(17)13-9-11(7-8-14(13)16)10-19-12-5-3-4-6-12/h7-9,12H,2-6,10,16H2,1H3. The van der Waals surface area contributed by atoms with E-state index < -0.39 is 0 Å². The molecule has 1 aromatic carbocycles. The molecule has 19 heavy (non-hydrogen) atoms. The van der Waals surface area contributed by atoms with Crippen molar-refractivity contribution in [3.05, 3.63) is 29.3 Å². The van der Waals surface area contributed by atoms with Crippen molar-refractivity contribution >= 4 is 11.7 Å². The van der Waals surface area contributed by atoms with Crippen LogP contribution in [0.4, 0.5) is 5.69 Å². The summed E-state index contributed by atoms with van der Waals surface area (Å²) in [6, 6.07) is 5.40. The Morgan fingerprint density at radius 1 is 1.37 bits per heavy atom. The largest absolute Gasteiger partial charge is 0.462 e. The highest BCUT2D eigenvalue weighted by atomic mass is 16.5. The van der Waals surface area contributed by atoms with Gasteiger partial charge >= 0.3 is 5.97 Å². The Morgan fingerprint density at radius 2 is 2.11 bits per heavy atom. The number of carbonyl (C=O) groups is 1. The van der Waals surface area contributed by atoms with Crippen LogP contribution in [-0.2, 0) is 16.1 Å². The second-order valence-electron chi connectivity index (χ2n) is 4.86. The molecule has 104 valence electrons. The molecule has 1 aromatic rings. The predicted molar refractivity (Wildman–Crippen MR) is 73.9 cm³/mol. The van der Waals surface area contributed by atoms with Crippen LogP contribution in [0.25, 0.3) is 0 Å². The van der Waals surface area contributed by atoms with Crippen LogP contribution in [0.1, 0.15) is 48.5 Å². The van der Waals surface area contributed by atoms with Gasteiger partial charge in [0.25, 0.3) is 0 Å². The van der Waals surface area contributed by atoms with Gasteiger partial charge in [0.05, 0.1) is 24.9 Å². The van der Waals surface area contributed by atoms with Gasteiger partial charge in [-0.1, -0.05) is 18.9 Å². The summed E-state index contributed by atoms with van der Waals surface area (Å²) in [4.78, 5) is 11.7. The number of esters is 1. The number of nitrogen functional groups attached to an aromatic ring is 1. The van der Waals surface area contributed by atoms with E-state index in [1.165, 1.54) is 12.8 Å². The highest BCUT2D eigenvalue weighted by molar-refractivity contribution is 5.95. The van der Waals surface area contributed by atoms with Crippen molar-refractivity contribution in [3.8, 4) is 0 Å². The summed E-state index contributed by atoms with van der Waals surface area (Å²) >= 11 is 0. The molecule has 1 aliphatic rings. The fraction of sp³-hybridized carbons (Fsp3) is 0.533. The lowest BCUT2D eigenvalue weighted by atomic mass is 10.1. The summed E-state index contributed by atoms with van der Waals surface area (Å²) in [5.74, 6) is -0.372. The molecule has 4 nitrogen and oxygen atoms in total. The minimum atomic E-state index is -0.372. The normalized spacial score (nSPS) is 15.6. The van der Waals surface area contributed by atoms with Crippen LogP contribution in [0.2, 0.25) is 0 Å². The van der Waals surface area contributed by atoms with Gasteiger partial charge in [0, 0.05) is 5.69 Å². The molecule has 1 saturated carbocycles. The van der Waals surface area contributed by atoms with Crippen molar-refractivity contribution in [1.29, 1.82) is 0 Å². The Hall–Kier alpha value is -1.55. The topological polar surface area (TPSA) is 61.5 Å². The van der Waals surface area contributed by atoms with Crippen LogP contribution in [0.5, 0.6) is 0 Å². The molecule has 1 fully saturated rings. The third kappa shape index (κ3) is 3.70. The zero-order valence-corrected chi connectivity index (χ0v) is 11.4. The van der Waals surface area contributed by atoms with E-state index in [-0.39, 0.29) is 5.97 Å². The van der Waals surface area contributed by atoms with Crippen molar-refractivity contribution in [2.24, 2.45) is 0 Å². The lowest BCUT2D eigenvalue weighted by Crippen LogP contribution is -2.10. The lowest BCUT2D eigenvalue weighted by molar-refractivity contribution is 0.0454. The van der Waals surface area contributed by atoms with Crippen molar-refractivity contribution in [2.75, 3.05) is 12.3 Å². The quantitative estimate of drug-likeness (QED) is 0.655. The summed E-state index contributed by atoms with van der Waals surface area (Å²) in [6.07, 6.45) is 5.14. The zero-order valence-electron chi connectivity index (χ0n) is 11.4. The SMILES string of the molecule is CCOC(=O)c1cc(COC2CCCC2)ccc1N. The van der Waals surface area contributed by atoms with Gasteiger partial charge in [0.1, 0.15) is 0 Å². The third-order valence-electron chi connectivity index (χ3n) is 3.40. The first-order chi connectivity index (χ1) is 9.20. The van der Waals surface area contributed by atoms with E-state index in [1.807, 2.05) is 6.07 Å². The Labute approximate surface area is 113 Å². The lowest BCUT2D eigenvalue weighted by Gasteiger charge is -2.12. The molecule has 0 aromatic heterocycles. The van der Waals surface area contributed by atoms with E-state index in [9.17, 15) is 4.79 Å². The molecular formula is C15H21NO3. The van der Waals surface area contributed by atoms with E-state index in [1.54, 1.807) is 19.1 Å². The number of hydrogen-bond acceptors (Lipinski definition) is 4. The average Bonchev–Trinajstić information content (AvgIpc) is 2.91. The van der Waals surface area contributed by atoms with Gasteiger partial charge in [0.2, 0.25) is 0 Å². The van der Waals surface area contributed by atoms with Crippen LogP contribution in [-0.4, -0.2) is 18.7 Å². The van der Waals surface area contributed by atoms with Gasteiger partial charge in [-0.2, -0.15) is 0 Å². The Kier molecular flexibility index (Phi) is 4.80. The van der Waals surface area contributed by atoms with Crippen LogP contribution in [0.3, 0.4) is 0 Å². The Balaban J connectivity index is 2.00. The van der Waals surface area contributed by atoms with E-state index in [4.69, 9.17) is 15.2 Å². The minimum absolute atomic E-state index is 0.348. The fourth-order valence-electron chi connectivity index (χ4n) is 2.35. The number of rotatable bonds is 5.